The number of ether oxygens (including phenoxy) is 1. The van der Waals surface area contributed by atoms with Crippen LogP contribution in [-0.2, 0) is 4.74 Å². The fraction of sp³-hybridized carbons (Fsp3) is 0.600. The first-order valence-electron chi connectivity index (χ1n) is 2.50. The molecule has 0 spiro atoms. The van der Waals surface area contributed by atoms with Gasteiger partial charge >= 0.3 is 6.02 Å². The van der Waals surface area contributed by atoms with Crippen LogP contribution >= 0.6 is 0 Å². The second kappa shape index (κ2) is 3.88. The summed E-state index contributed by atoms with van der Waals surface area (Å²) in [6, 6.07) is -0.0799. The van der Waals surface area contributed by atoms with E-state index in [4.69, 9.17) is 5.41 Å². The molecule has 0 aromatic carbocycles. The highest BCUT2D eigenvalue weighted by molar-refractivity contribution is 5.79. The van der Waals surface area contributed by atoms with Crippen LogP contribution < -0.4 is 0 Å². The summed E-state index contributed by atoms with van der Waals surface area (Å²) in [7, 11) is 5.06. The van der Waals surface area contributed by atoms with E-state index in [-0.39, 0.29) is 6.02 Å². The van der Waals surface area contributed by atoms with Gasteiger partial charge in [-0.05, 0) is 0 Å². The summed E-state index contributed by atoms with van der Waals surface area (Å²) >= 11 is 0. The van der Waals surface area contributed by atoms with Gasteiger partial charge in [0.05, 0.1) is 13.4 Å². The standard InChI is InChI=1S/C5H11N3O/c1-8(2)4-7-5(6)9-3/h4,6H,1-3H3. The lowest BCUT2D eigenvalue weighted by Gasteiger charge is -2.01. The molecule has 4 nitrogen and oxygen atoms in total. The Kier molecular flexibility index (Phi) is 3.43. The van der Waals surface area contributed by atoms with Gasteiger partial charge in [0.1, 0.15) is 0 Å². The maximum atomic E-state index is 6.88. The van der Waals surface area contributed by atoms with Crippen LogP contribution in [0.1, 0.15) is 0 Å². The van der Waals surface area contributed by atoms with Gasteiger partial charge in [-0.2, -0.15) is 4.99 Å². The van der Waals surface area contributed by atoms with Gasteiger partial charge in [-0.3, -0.25) is 0 Å². The molecule has 4 heteroatoms. The number of aliphatic imine (C=N–C) groups is 1. The molecule has 0 saturated heterocycles. The second-order valence-electron chi connectivity index (χ2n) is 1.72. The number of amidine groups is 1. The van der Waals surface area contributed by atoms with Crippen LogP contribution in [0.15, 0.2) is 4.99 Å². The van der Waals surface area contributed by atoms with E-state index < -0.39 is 0 Å². The highest BCUT2D eigenvalue weighted by atomic mass is 16.5. The molecule has 0 saturated carbocycles. The van der Waals surface area contributed by atoms with Crippen molar-refractivity contribution in [1.29, 1.82) is 5.41 Å². The fourth-order valence-electron chi connectivity index (χ4n) is 0.221. The lowest BCUT2D eigenvalue weighted by atomic mass is 10.9. The van der Waals surface area contributed by atoms with Crippen molar-refractivity contribution in [2.24, 2.45) is 4.99 Å². The molecule has 1 N–H and O–H groups in total. The molecule has 0 aliphatic heterocycles. The third-order valence-electron chi connectivity index (χ3n) is 0.599. The summed E-state index contributed by atoms with van der Waals surface area (Å²) in [5, 5.41) is 6.88. The van der Waals surface area contributed by atoms with Crippen LogP contribution in [0.4, 0.5) is 0 Å². The molecule has 0 aliphatic rings. The maximum Gasteiger partial charge on any atom is 0.309 e. The van der Waals surface area contributed by atoms with Gasteiger partial charge in [0.25, 0.3) is 0 Å². The number of rotatable bonds is 1. The van der Waals surface area contributed by atoms with Gasteiger partial charge in [-0.15, -0.1) is 0 Å². The summed E-state index contributed by atoms with van der Waals surface area (Å²) in [6.45, 7) is 0. The van der Waals surface area contributed by atoms with E-state index in [2.05, 4.69) is 9.73 Å². The highest BCUT2D eigenvalue weighted by Gasteiger charge is 1.84. The summed E-state index contributed by atoms with van der Waals surface area (Å²) in [5.74, 6) is 0. The Morgan fingerprint density at radius 1 is 1.67 bits per heavy atom. The topological polar surface area (TPSA) is 48.7 Å². The highest BCUT2D eigenvalue weighted by Crippen LogP contribution is 1.74. The van der Waals surface area contributed by atoms with Crippen LogP contribution in [0.5, 0.6) is 0 Å². The van der Waals surface area contributed by atoms with Crippen molar-refractivity contribution in [2.75, 3.05) is 21.2 Å². The van der Waals surface area contributed by atoms with E-state index in [0.717, 1.165) is 0 Å². The number of hydrogen-bond acceptors (Lipinski definition) is 2. The van der Waals surface area contributed by atoms with E-state index in [1.807, 2.05) is 14.1 Å². The zero-order valence-electron chi connectivity index (χ0n) is 5.88. The lowest BCUT2D eigenvalue weighted by Crippen LogP contribution is -2.09. The minimum absolute atomic E-state index is 0.0799. The van der Waals surface area contributed by atoms with Crippen molar-refractivity contribution in [2.45, 2.75) is 0 Å². The van der Waals surface area contributed by atoms with Crippen LogP contribution in [0, 0.1) is 5.41 Å². The average Bonchev–Trinajstić information content (AvgIpc) is 1.83. The molecule has 0 amide bonds. The maximum absolute atomic E-state index is 6.88. The van der Waals surface area contributed by atoms with Gasteiger partial charge in [-0.25, -0.2) is 5.41 Å². The number of nitrogens with zero attached hydrogens (tertiary/aromatic N) is 2. The number of methoxy groups -OCH3 is 1. The Labute approximate surface area is 54.7 Å². The Bertz CT molecular complexity index is 119. The molecule has 0 radical (unpaired) electrons. The second-order valence-corrected chi connectivity index (χ2v) is 1.72. The molecule has 0 aromatic heterocycles. The minimum atomic E-state index is -0.0799. The van der Waals surface area contributed by atoms with Crippen molar-refractivity contribution in [3.05, 3.63) is 0 Å². The van der Waals surface area contributed by atoms with Crippen molar-refractivity contribution < 1.29 is 4.74 Å². The summed E-state index contributed by atoms with van der Waals surface area (Å²) in [6.07, 6.45) is 1.51. The molecule has 0 bridgehead atoms. The van der Waals surface area contributed by atoms with E-state index >= 15 is 0 Å². The van der Waals surface area contributed by atoms with E-state index in [1.54, 1.807) is 4.90 Å². The van der Waals surface area contributed by atoms with Gasteiger partial charge in [0, 0.05) is 14.1 Å². The first-order valence-corrected chi connectivity index (χ1v) is 2.50. The predicted molar refractivity (Wildman–Crippen MR) is 36.9 cm³/mol. The molecule has 0 fully saturated rings. The molecule has 0 atom stereocenters. The monoisotopic (exact) mass is 129 g/mol. The van der Waals surface area contributed by atoms with Crippen LogP contribution in [-0.4, -0.2) is 38.5 Å². The average molecular weight is 129 g/mol. The van der Waals surface area contributed by atoms with Gasteiger partial charge in [0.15, 0.2) is 0 Å². The summed E-state index contributed by atoms with van der Waals surface area (Å²) in [4.78, 5) is 5.33. The SMILES string of the molecule is COC(=N)N=CN(C)C. The molecule has 9 heavy (non-hydrogen) atoms. The summed E-state index contributed by atoms with van der Waals surface area (Å²) in [5.41, 5.74) is 0. The van der Waals surface area contributed by atoms with E-state index in [9.17, 15) is 0 Å². The number of hydrogen-bond donors (Lipinski definition) is 1. The smallest absolute Gasteiger partial charge is 0.309 e. The molecule has 0 unspecified atom stereocenters. The molecular weight excluding hydrogens is 118 g/mol. The van der Waals surface area contributed by atoms with Gasteiger partial charge < -0.3 is 9.64 Å². The Hall–Kier alpha value is -1.06. The molecule has 0 aliphatic carbocycles. The van der Waals surface area contributed by atoms with Crippen molar-refractivity contribution in [3.8, 4) is 0 Å². The first kappa shape index (κ1) is 7.94. The third-order valence-corrected chi connectivity index (χ3v) is 0.599. The Balaban J connectivity index is 3.57. The predicted octanol–water partition coefficient (Wildman–Crippen LogP) is 0.157. The van der Waals surface area contributed by atoms with Crippen molar-refractivity contribution in [1.82, 2.24) is 4.90 Å². The lowest BCUT2D eigenvalue weighted by molar-refractivity contribution is 0.393. The van der Waals surface area contributed by atoms with Gasteiger partial charge in [-0.1, -0.05) is 0 Å². The van der Waals surface area contributed by atoms with Crippen LogP contribution in [0.3, 0.4) is 0 Å². The largest absolute Gasteiger partial charge is 0.467 e. The van der Waals surface area contributed by atoms with E-state index in [0.29, 0.717) is 0 Å². The number of nitrogens with one attached hydrogen (secondary N) is 1. The van der Waals surface area contributed by atoms with E-state index in [1.165, 1.54) is 13.4 Å². The fourth-order valence-corrected chi connectivity index (χ4v) is 0.221. The third kappa shape index (κ3) is 4.80. The Morgan fingerprint density at radius 2 is 2.22 bits per heavy atom. The quantitative estimate of drug-likeness (QED) is 0.405. The normalized spacial score (nSPS) is 9.67. The van der Waals surface area contributed by atoms with Crippen LogP contribution in [0.2, 0.25) is 0 Å². The zero-order valence-corrected chi connectivity index (χ0v) is 5.88. The van der Waals surface area contributed by atoms with Crippen molar-refractivity contribution in [3.63, 3.8) is 0 Å². The Morgan fingerprint density at radius 3 is 2.56 bits per heavy atom. The van der Waals surface area contributed by atoms with Crippen LogP contribution in [0.25, 0.3) is 0 Å². The molecule has 52 valence electrons. The minimum Gasteiger partial charge on any atom is -0.467 e. The first-order chi connectivity index (χ1) is 4.16. The molecule has 0 heterocycles. The molecular formula is C5H11N3O. The molecule has 0 aromatic rings. The zero-order chi connectivity index (χ0) is 7.28. The van der Waals surface area contributed by atoms with Gasteiger partial charge in [0.2, 0.25) is 0 Å². The summed E-state index contributed by atoms with van der Waals surface area (Å²) < 4.78 is 4.46. The van der Waals surface area contributed by atoms with Crippen molar-refractivity contribution >= 4 is 12.4 Å². The molecule has 0 rings (SSSR count).